The maximum absolute atomic E-state index is 13.0. The number of anilines is 1. The van der Waals surface area contributed by atoms with Crippen LogP contribution in [-0.2, 0) is 7.05 Å². The number of carbonyl (C=O) groups excluding carboxylic acids is 2. The molecule has 9 nitrogen and oxygen atoms in total. The van der Waals surface area contributed by atoms with E-state index < -0.39 is 0 Å². The molecule has 1 unspecified atom stereocenters. The van der Waals surface area contributed by atoms with Crippen molar-refractivity contribution in [3.05, 3.63) is 72.2 Å². The van der Waals surface area contributed by atoms with Gasteiger partial charge in [0.25, 0.3) is 11.8 Å². The van der Waals surface area contributed by atoms with Gasteiger partial charge in [-0.3, -0.25) is 14.3 Å². The van der Waals surface area contributed by atoms with E-state index >= 15 is 0 Å². The van der Waals surface area contributed by atoms with Gasteiger partial charge in [-0.1, -0.05) is 6.08 Å². The van der Waals surface area contributed by atoms with Crippen molar-refractivity contribution in [1.82, 2.24) is 25.0 Å². The minimum absolute atomic E-state index is 0.0596. The molecule has 36 heavy (non-hydrogen) atoms. The number of nitrogens with one attached hydrogen (secondary N) is 1. The van der Waals surface area contributed by atoms with Crippen LogP contribution in [0.3, 0.4) is 0 Å². The van der Waals surface area contributed by atoms with Crippen molar-refractivity contribution in [2.24, 2.45) is 7.05 Å². The predicted octanol–water partition coefficient (Wildman–Crippen LogP) is 3.20. The highest BCUT2D eigenvalue weighted by Gasteiger charge is 2.29. The Morgan fingerprint density at radius 3 is 2.69 bits per heavy atom. The second-order valence-corrected chi connectivity index (χ2v) is 9.31. The van der Waals surface area contributed by atoms with Crippen LogP contribution >= 0.6 is 0 Å². The fraction of sp³-hybridized carbons (Fsp3) is 0.333. The van der Waals surface area contributed by atoms with Crippen LogP contribution < -0.4 is 15.8 Å². The Bertz CT molecular complexity index is 1280. The van der Waals surface area contributed by atoms with Gasteiger partial charge in [-0.2, -0.15) is 5.10 Å². The summed E-state index contributed by atoms with van der Waals surface area (Å²) in [6, 6.07) is 8.84. The molecule has 3 aromatic rings. The molecule has 186 valence electrons. The summed E-state index contributed by atoms with van der Waals surface area (Å²) in [6.07, 6.45) is 13.4. The number of carbonyl (C=O) groups is 2. The summed E-state index contributed by atoms with van der Waals surface area (Å²) in [5.74, 6) is 0.561. The standard InChI is InChI=1S/C27H30N6O3/c1-32-16-20(15-30-32)19-13-24(25(28)29-14-19)26(34)31-21-11-12-33(17-21)27(35)18-7-9-23(10-8-18)36-22-5-3-2-4-6-22/h3,5,7-10,13-16,21-22H,2,4,6,11-12,17H2,1H3,(H2,28,29)(H,31,34)/t21-,22?/m1/s1. The number of likely N-dealkylation sites (tertiary alicyclic amines) is 1. The largest absolute Gasteiger partial charge is 0.486 e. The van der Waals surface area contributed by atoms with Gasteiger partial charge >= 0.3 is 0 Å². The molecule has 1 saturated heterocycles. The average Bonchev–Trinajstić information content (AvgIpc) is 3.54. The summed E-state index contributed by atoms with van der Waals surface area (Å²) in [7, 11) is 1.83. The van der Waals surface area contributed by atoms with Gasteiger partial charge in [0.1, 0.15) is 17.7 Å². The van der Waals surface area contributed by atoms with Crippen LogP contribution in [0.4, 0.5) is 5.82 Å². The molecule has 2 atom stereocenters. The van der Waals surface area contributed by atoms with Gasteiger partial charge in [0.15, 0.2) is 0 Å². The number of nitrogens with zero attached hydrogens (tertiary/aromatic N) is 4. The van der Waals surface area contributed by atoms with Gasteiger partial charge in [-0.15, -0.1) is 0 Å². The number of aryl methyl sites for hydroxylation is 1. The fourth-order valence-corrected chi connectivity index (χ4v) is 4.62. The summed E-state index contributed by atoms with van der Waals surface area (Å²) in [4.78, 5) is 32.0. The summed E-state index contributed by atoms with van der Waals surface area (Å²) in [6.45, 7) is 1.00. The number of rotatable bonds is 6. The van der Waals surface area contributed by atoms with E-state index in [0.29, 0.717) is 30.6 Å². The second-order valence-electron chi connectivity index (χ2n) is 9.31. The summed E-state index contributed by atoms with van der Waals surface area (Å²) < 4.78 is 7.67. The third kappa shape index (κ3) is 5.25. The molecule has 1 aromatic carbocycles. The highest BCUT2D eigenvalue weighted by Crippen LogP contribution is 2.23. The molecule has 3 heterocycles. The van der Waals surface area contributed by atoms with Gasteiger partial charge in [-0.25, -0.2) is 4.98 Å². The summed E-state index contributed by atoms with van der Waals surface area (Å²) >= 11 is 0. The Hall–Kier alpha value is -4.14. The van der Waals surface area contributed by atoms with E-state index in [2.05, 4.69) is 27.6 Å². The molecular weight excluding hydrogens is 456 g/mol. The van der Waals surface area contributed by atoms with Crippen molar-refractivity contribution < 1.29 is 14.3 Å². The normalized spacial score (nSPS) is 19.3. The number of allylic oxidation sites excluding steroid dienone is 1. The van der Waals surface area contributed by atoms with E-state index in [1.165, 1.54) is 0 Å². The lowest BCUT2D eigenvalue weighted by molar-refractivity contribution is 0.0783. The van der Waals surface area contributed by atoms with E-state index in [0.717, 1.165) is 36.1 Å². The average molecular weight is 487 g/mol. The lowest BCUT2D eigenvalue weighted by atomic mass is 10.1. The number of ether oxygens (including phenoxy) is 1. The van der Waals surface area contributed by atoms with Crippen LogP contribution in [0.2, 0.25) is 0 Å². The molecule has 0 spiro atoms. The van der Waals surface area contributed by atoms with Crippen LogP contribution in [-0.4, -0.2) is 56.7 Å². The molecule has 0 radical (unpaired) electrons. The molecule has 9 heteroatoms. The molecule has 1 aliphatic carbocycles. The SMILES string of the molecule is Cn1cc(-c2cnc(N)c(C(=O)N[C@@H]3CCN(C(=O)c4ccc(OC5C=CCCC5)cc4)C3)c2)cn1. The first-order valence-corrected chi connectivity index (χ1v) is 12.2. The highest BCUT2D eigenvalue weighted by molar-refractivity contribution is 6.00. The quantitative estimate of drug-likeness (QED) is 0.517. The lowest BCUT2D eigenvalue weighted by Crippen LogP contribution is -2.38. The van der Waals surface area contributed by atoms with Crippen molar-refractivity contribution in [2.75, 3.05) is 18.8 Å². The smallest absolute Gasteiger partial charge is 0.255 e. The molecule has 1 fully saturated rings. The maximum atomic E-state index is 13.0. The Balaban J connectivity index is 1.18. The van der Waals surface area contributed by atoms with E-state index in [-0.39, 0.29) is 29.8 Å². The number of benzene rings is 1. The molecule has 0 saturated carbocycles. The van der Waals surface area contributed by atoms with Crippen molar-refractivity contribution in [2.45, 2.75) is 37.8 Å². The molecule has 2 aliphatic rings. The van der Waals surface area contributed by atoms with E-state index in [1.54, 1.807) is 40.2 Å². The second kappa shape index (κ2) is 10.2. The number of nitrogens with two attached hydrogens (primary N) is 1. The van der Waals surface area contributed by atoms with Crippen molar-refractivity contribution in [1.29, 1.82) is 0 Å². The zero-order valence-electron chi connectivity index (χ0n) is 20.3. The summed E-state index contributed by atoms with van der Waals surface area (Å²) in [5, 5.41) is 7.17. The Morgan fingerprint density at radius 2 is 1.97 bits per heavy atom. The van der Waals surface area contributed by atoms with Crippen LogP contribution in [0.1, 0.15) is 46.4 Å². The molecular formula is C27H30N6O3. The predicted molar refractivity (Wildman–Crippen MR) is 136 cm³/mol. The van der Waals surface area contributed by atoms with E-state index in [9.17, 15) is 9.59 Å². The highest BCUT2D eigenvalue weighted by atomic mass is 16.5. The minimum Gasteiger partial charge on any atom is -0.486 e. The number of amides is 2. The molecule has 1 aliphatic heterocycles. The Kier molecular flexibility index (Phi) is 6.71. The number of hydrogen-bond acceptors (Lipinski definition) is 6. The first-order chi connectivity index (χ1) is 17.5. The first-order valence-electron chi connectivity index (χ1n) is 12.2. The van der Waals surface area contributed by atoms with Crippen molar-refractivity contribution in [3.63, 3.8) is 0 Å². The van der Waals surface area contributed by atoms with Gasteiger partial charge in [0, 0.05) is 55.3 Å². The van der Waals surface area contributed by atoms with Crippen molar-refractivity contribution in [3.8, 4) is 16.9 Å². The molecule has 5 rings (SSSR count). The topological polar surface area (TPSA) is 115 Å². The van der Waals surface area contributed by atoms with E-state index in [4.69, 9.17) is 10.5 Å². The van der Waals surface area contributed by atoms with Crippen molar-refractivity contribution >= 4 is 17.6 Å². The first kappa shape index (κ1) is 23.6. The fourth-order valence-electron chi connectivity index (χ4n) is 4.62. The molecule has 2 aromatic heterocycles. The van der Waals surface area contributed by atoms with Crippen LogP contribution in [0.25, 0.3) is 11.1 Å². The lowest BCUT2D eigenvalue weighted by Gasteiger charge is -2.19. The van der Waals surface area contributed by atoms with Gasteiger partial charge in [0.05, 0.1) is 11.8 Å². The van der Waals surface area contributed by atoms with E-state index in [1.807, 2.05) is 25.4 Å². The summed E-state index contributed by atoms with van der Waals surface area (Å²) in [5.41, 5.74) is 8.52. The van der Waals surface area contributed by atoms with Crippen LogP contribution in [0.15, 0.2) is 61.1 Å². The molecule has 3 N–H and O–H groups in total. The maximum Gasteiger partial charge on any atom is 0.255 e. The zero-order valence-corrected chi connectivity index (χ0v) is 20.3. The Labute approximate surface area is 210 Å². The monoisotopic (exact) mass is 486 g/mol. The molecule has 2 amide bonds. The minimum atomic E-state index is -0.302. The number of hydrogen-bond donors (Lipinski definition) is 2. The van der Waals surface area contributed by atoms with Gasteiger partial charge in [0.2, 0.25) is 0 Å². The van der Waals surface area contributed by atoms with Gasteiger partial charge < -0.3 is 20.7 Å². The van der Waals surface area contributed by atoms with Gasteiger partial charge in [-0.05, 0) is 62.1 Å². The number of aromatic nitrogens is 3. The third-order valence-electron chi connectivity index (χ3n) is 6.61. The molecule has 0 bridgehead atoms. The number of pyridine rings is 1. The third-order valence-corrected chi connectivity index (χ3v) is 6.61. The number of nitrogen functional groups attached to an aromatic ring is 1. The Morgan fingerprint density at radius 1 is 1.14 bits per heavy atom. The van der Waals surface area contributed by atoms with Crippen LogP contribution in [0.5, 0.6) is 5.75 Å². The zero-order chi connectivity index (χ0) is 25.1. The van der Waals surface area contributed by atoms with Crippen LogP contribution in [0, 0.1) is 0 Å².